The largest absolute Gasteiger partial charge is 0.456 e. The summed E-state index contributed by atoms with van der Waals surface area (Å²) in [5.41, 5.74) is 16.2. The van der Waals surface area contributed by atoms with Gasteiger partial charge in [0.15, 0.2) is 0 Å². The third-order valence-corrected chi connectivity index (χ3v) is 11.6. The average molecular weight is 693 g/mol. The third-order valence-electron chi connectivity index (χ3n) is 11.6. The van der Waals surface area contributed by atoms with Crippen molar-refractivity contribution in [3.63, 3.8) is 0 Å². The van der Waals surface area contributed by atoms with E-state index in [2.05, 4.69) is 193 Å². The molecule has 0 amide bonds. The van der Waals surface area contributed by atoms with Crippen LogP contribution in [0.15, 0.2) is 186 Å². The van der Waals surface area contributed by atoms with E-state index in [9.17, 15) is 0 Å². The predicted molar refractivity (Wildman–Crippen MR) is 226 cm³/mol. The van der Waals surface area contributed by atoms with E-state index in [0.717, 1.165) is 44.7 Å². The molecule has 0 unspecified atom stereocenters. The summed E-state index contributed by atoms with van der Waals surface area (Å²) >= 11 is 0. The summed E-state index contributed by atoms with van der Waals surface area (Å²) in [5.74, 6) is 0. The number of furan rings is 1. The number of anilines is 3. The first kappa shape index (κ1) is 30.8. The number of nitrogens with zero attached hydrogens (tertiary/aromatic N) is 2. The SMILES string of the molecule is CC1(C)c2ccc(N(c3ccc4oc5ccccc5c4c3)c3ccc4c5ccccc5n(-c5ccccc5)c4c3)cc2-c2c(-c3ccccc3)cccc21. The van der Waals surface area contributed by atoms with Crippen LogP contribution in [-0.4, -0.2) is 4.57 Å². The summed E-state index contributed by atoms with van der Waals surface area (Å²) in [6, 6.07) is 66.0. The van der Waals surface area contributed by atoms with Crippen LogP contribution < -0.4 is 4.90 Å². The zero-order valence-electron chi connectivity index (χ0n) is 30.1. The highest BCUT2D eigenvalue weighted by molar-refractivity contribution is 6.11. The first-order valence-corrected chi connectivity index (χ1v) is 18.7. The lowest BCUT2D eigenvalue weighted by Crippen LogP contribution is -2.15. The summed E-state index contributed by atoms with van der Waals surface area (Å²) in [7, 11) is 0. The predicted octanol–water partition coefficient (Wildman–Crippen LogP) is 14.1. The highest BCUT2D eigenvalue weighted by atomic mass is 16.3. The van der Waals surface area contributed by atoms with Gasteiger partial charge in [-0.1, -0.05) is 129 Å². The first-order valence-electron chi connectivity index (χ1n) is 18.7. The van der Waals surface area contributed by atoms with E-state index >= 15 is 0 Å². The van der Waals surface area contributed by atoms with Crippen LogP contribution in [0.4, 0.5) is 17.1 Å². The van der Waals surface area contributed by atoms with Gasteiger partial charge in [-0.3, -0.25) is 0 Å². The fourth-order valence-electron chi connectivity index (χ4n) is 9.04. The minimum absolute atomic E-state index is 0.136. The molecule has 1 aliphatic rings. The lowest BCUT2D eigenvalue weighted by molar-refractivity contribution is 0.660. The zero-order chi connectivity index (χ0) is 36.0. The van der Waals surface area contributed by atoms with Crippen LogP contribution in [0.2, 0.25) is 0 Å². The van der Waals surface area contributed by atoms with Gasteiger partial charge in [-0.25, -0.2) is 0 Å². The maximum Gasteiger partial charge on any atom is 0.135 e. The van der Waals surface area contributed by atoms with Gasteiger partial charge >= 0.3 is 0 Å². The molecular formula is C51H36N2O. The molecule has 1 aliphatic carbocycles. The van der Waals surface area contributed by atoms with Crippen molar-refractivity contribution in [3.8, 4) is 27.9 Å². The lowest BCUT2D eigenvalue weighted by atomic mass is 9.82. The molecule has 54 heavy (non-hydrogen) atoms. The van der Waals surface area contributed by atoms with Gasteiger partial charge in [0.05, 0.1) is 11.0 Å². The Morgan fingerprint density at radius 1 is 0.444 bits per heavy atom. The Labute approximate surface area is 314 Å². The second kappa shape index (κ2) is 11.6. The molecule has 0 spiro atoms. The molecule has 0 bridgehead atoms. The van der Waals surface area contributed by atoms with Crippen molar-refractivity contribution in [3.05, 3.63) is 193 Å². The number of para-hydroxylation sites is 3. The van der Waals surface area contributed by atoms with Gasteiger partial charge in [-0.15, -0.1) is 0 Å². The van der Waals surface area contributed by atoms with E-state index in [0.29, 0.717) is 0 Å². The van der Waals surface area contributed by atoms with Crippen molar-refractivity contribution in [1.29, 1.82) is 0 Å². The van der Waals surface area contributed by atoms with Crippen molar-refractivity contribution in [2.45, 2.75) is 19.3 Å². The topological polar surface area (TPSA) is 21.3 Å². The van der Waals surface area contributed by atoms with Crippen molar-refractivity contribution < 1.29 is 4.42 Å². The van der Waals surface area contributed by atoms with E-state index in [1.807, 2.05) is 12.1 Å². The Hall–Kier alpha value is -6.84. The van der Waals surface area contributed by atoms with Crippen molar-refractivity contribution in [1.82, 2.24) is 4.57 Å². The molecule has 0 saturated heterocycles. The van der Waals surface area contributed by atoms with Gasteiger partial charge in [0.2, 0.25) is 0 Å². The van der Waals surface area contributed by atoms with Gasteiger partial charge in [-0.2, -0.15) is 0 Å². The molecule has 0 saturated carbocycles. The van der Waals surface area contributed by atoms with Crippen molar-refractivity contribution in [2.24, 2.45) is 0 Å². The normalized spacial score (nSPS) is 13.1. The number of benzene rings is 8. The zero-order valence-corrected chi connectivity index (χ0v) is 30.1. The Balaban J connectivity index is 1.18. The summed E-state index contributed by atoms with van der Waals surface area (Å²) in [5, 5.41) is 4.69. The Morgan fingerprint density at radius 2 is 1.09 bits per heavy atom. The molecule has 3 nitrogen and oxygen atoms in total. The fourth-order valence-corrected chi connectivity index (χ4v) is 9.04. The Kier molecular flexibility index (Phi) is 6.60. The van der Waals surface area contributed by atoms with Crippen LogP contribution in [0.25, 0.3) is 71.7 Å². The summed E-state index contributed by atoms with van der Waals surface area (Å²) in [6.45, 7) is 4.72. The van der Waals surface area contributed by atoms with Gasteiger partial charge in [0.25, 0.3) is 0 Å². The molecule has 0 atom stereocenters. The maximum absolute atomic E-state index is 6.31. The van der Waals surface area contributed by atoms with Crippen LogP contribution in [0.3, 0.4) is 0 Å². The molecule has 0 radical (unpaired) electrons. The monoisotopic (exact) mass is 692 g/mol. The van der Waals surface area contributed by atoms with E-state index in [-0.39, 0.29) is 5.41 Å². The minimum atomic E-state index is -0.136. The average Bonchev–Trinajstić information content (AvgIpc) is 3.83. The van der Waals surface area contributed by atoms with Crippen LogP contribution >= 0.6 is 0 Å². The summed E-state index contributed by atoms with van der Waals surface area (Å²) in [4.78, 5) is 2.42. The van der Waals surface area contributed by atoms with E-state index in [4.69, 9.17) is 4.42 Å². The smallest absolute Gasteiger partial charge is 0.135 e. The highest BCUT2D eigenvalue weighted by Crippen LogP contribution is 2.54. The van der Waals surface area contributed by atoms with E-state index < -0.39 is 0 Å². The molecular weight excluding hydrogens is 657 g/mol. The molecule has 0 fully saturated rings. The number of aromatic nitrogens is 1. The van der Waals surface area contributed by atoms with E-state index in [1.54, 1.807) is 0 Å². The highest BCUT2D eigenvalue weighted by Gasteiger charge is 2.37. The minimum Gasteiger partial charge on any atom is -0.456 e. The second-order valence-electron chi connectivity index (χ2n) is 15.0. The maximum atomic E-state index is 6.31. The van der Waals surface area contributed by atoms with Crippen molar-refractivity contribution in [2.75, 3.05) is 4.90 Å². The van der Waals surface area contributed by atoms with Crippen LogP contribution in [0.1, 0.15) is 25.0 Å². The summed E-state index contributed by atoms with van der Waals surface area (Å²) < 4.78 is 8.71. The number of hydrogen-bond acceptors (Lipinski definition) is 2. The molecule has 2 heterocycles. The quantitative estimate of drug-likeness (QED) is 0.179. The molecule has 2 aromatic heterocycles. The molecule has 0 N–H and O–H groups in total. The Morgan fingerprint density at radius 3 is 1.94 bits per heavy atom. The third kappa shape index (κ3) is 4.48. The van der Waals surface area contributed by atoms with Crippen molar-refractivity contribution >= 4 is 60.8 Å². The Bertz CT molecular complexity index is 3080. The molecule has 8 aromatic carbocycles. The number of rotatable bonds is 5. The first-order chi connectivity index (χ1) is 26.5. The fraction of sp³-hybridized carbons (Fsp3) is 0.0588. The van der Waals surface area contributed by atoms with Gasteiger partial charge in [-0.05, 0) is 100 Å². The van der Waals surface area contributed by atoms with Gasteiger partial charge in [0.1, 0.15) is 11.2 Å². The van der Waals surface area contributed by atoms with Crippen LogP contribution in [-0.2, 0) is 5.41 Å². The number of hydrogen-bond donors (Lipinski definition) is 0. The lowest BCUT2D eigenvalue weighted by Gasteiger charge is -2.27. The summed E-state index contributed by atoms with van der Waals surface area (Å²) in [6.07, 6.45) is 0. The second-order valence-corrected chi connectivity index (χ2v) is 15.0. The molecule has 11 rings (SSSR count). The van der Waals surface area contributed by atoms with Crippen LogP contribution in [0.5, 0.6) is 0 Å². The number of fused-ring (bicyclic) bond motifs is 9. The molecule has 10 aromatic rings. The molecule has 256 valence electrons. The van der Waals surface area contributed by atoms with E-state index in [1.165, 1.54) is 55.2 Å². The van der Waals surface area contributed by atoms with Crippen LogP contribution in [0, 0.1) is 0 Å². The standard InChI is InChI=1S/C51H36N2O/c1-51(2)44-28-25-35(31-43(44)50-38(20-13-21-45(50)51)33-14-5-3-6-15-33)52(36-26-29-49-42(30-36)41-19-10-12-23-48(41)54-49)37-24-27-40-39-18-9-11-22-46(39)53(47(40)32-37)34-16-7-4-8-17-34/h3-32H,1-2H3. The van der Waals surface area contributed by atoms with Gasteiger partial charge in [0, 0.05) is 49.7 Å². The van der Waals surface area contributed by atoms with Gasteiger partial charge < -0.3 is 13.9 Å². The molecule has 0 aliphatic heterocycles. The molecule has 3 heteroatoms.